The lowest BCUT2D eigenvalue weighted by Gasteiger charge is -2.34. The van der Waals surface area contributed by atoms with Gasteiger partial charge in [0.2, 0.25) is 6.79 Å². The summed E-state index contributed by atoms with van der Waals surface area (Å²) in [4.78, 5) is 12.7. The molecule has 1 fully saturated rings. The number of aliphatic hydroxyl groups is 1. The fraction of sp³-hybridized carbons (Fsp3) is 0.654. The molecule has 1 saturated carbocycles. The molecule has 180 valence electrons. The van der Waals surface area contributed by atoms with Crippen LogP contribution >= 0.6 is 0 Å². The van der Waals surface area contributed by atoms with Crippen LogP contribution in [0.5, 0.6) is 11.5 Å². The third-order valence-electron chi connectivity index (χ3n) is 8.65. The van der Waals surface area contributed by atoms with Gasteiger partial charge in [0.05, 0.1) is 11.7 Å². The van der Waals surface area contributed by atoms with E-state index in [1.54, 1.807) is 14.2 Å². The van der Waals surface area contributed by atoms with Gasteiger partial charge in [-0.2, -0.15) is 0 Å². The molecule has 7 heteroatoms. The zero-order valence-corrected chi connectivity index (χ0v) is 20.1. The van der Waals surface area contributed by atoms with Crippen LogP contribution in [0.2, 0.25) is 0 Å². The van der Waals surface area contributed by atoms with Crippen molar-refractivity contribution < 1.29 is 33.6 Å². The van der Waals surface area contributed by atoms with Crippen molar-refractivity contribution in [3.05, 3.63) is 34.4 Å². The maximum Gasteiger partial charge on any atom is 0.335 e. The normalized spacial score (nSPS) is 32.2. The third kappa shape index (κ3) is 3.23. The van der Waals surface area contributed by atoms with Gasteiger partial charge in [-0.3, -0.25) is 0 Å². The highest BCUT2D eigenvalue weighted by Crippen LogP contribution is 2.58. The molecule has 5 rings (SSSR count). The summed E-state index contributed by atoms with van der Waals surface area (Å²) in [6.07, 6.45) is 2.75. The van der Waals surface area contributed by atoms with Crippen molar-refractivity contribution in [3.8, 4) is 11.5 Å². The number of ether oxygens (including phenoxy) is 5. The van der Waals surface area contributed by atoms with Crippen molar-refractivity contribution in [1.82, 2.24) is 0 Å². The molecule has 2 aliphatic carbocycles. The Morgan fingerprint density at radius 3 is 2.64 bits per heavy atom. The summed E-state index contributed by atoms with van der Waals surface area (Å²) >= 11 is 0. The average molecular weight is 459 g/mol. The first-order chi connectivity index (χ1) is 15.8. The van der Waals surface area contributed by atoms with Gasteiger partial charge in [0.1, 0.15) is 12.2 Å². The van der Waals surface area contributed by atoms with Gasteiger partial charge in [-0.15, -0.1) is 0 Å². The Morgan fingerprint density at radius 2 is 1.97 bits per heavy atom. The quantitative estimate of drug-likeness (QED) is 0.597. The summed E-state index contributed by atoms with van der Waals surface area (Å²) in [5, 5.41) is 11.5. The summed E-state index contributed by atoms with van der Waals surface area (Å²) in [6.45, 7) is 6.74. The van der Waals surface area contributed by atoms with Crippen LogP contribution in [0.4, 0.5) is 0 Å². The maximum absolute atomic E-state index is 12.7. The largest absolute Gasteiger partial charge is 0.458 e. The number of carbonyl (C=O) groups excluding carboxylic acids is 1. The Bertz CT molecular complexity index is 995. The minimum absolute atomic E-state index is 0.0151. The van der Waals surface area contributed by atoms with E-state index >= 15 is 0 Å². The first-order valence-electron chi connectivity index (χ1n) is 11.9. The zero-order valence-electron chi connectivity index (χ0n) is 20.1. The lowest BCUT2D eigenvalue weighted by molar-refractivity contribution is -0.136. The summed E-state index contributed by atoms with van der Waals surface area (Å²) in [5.74, 6) is 1.37. The van der Waals surface area contributed by atoms with Crippen molar-refractivity contribution in [3.63, 3.8) is 0 Å². The Labute approximate surface area is 195 Å². The van der Waals surface area contributed by atoms with Crippen LogP contribution in [0.15, 0.2) is 23.3 Å². The maximum atomic E-state index is 12.7. The SMILES string of the molecule is CCC(C)(OC)C1(O)C(CCC(C)C2C3=C(COC3=O)Cc3cc4c(cc32)OCO4)C1OC. The van der Waals surface area contributed by atoms with E-state index in [-0.39, 0.29) is 36.6 Å². The number of methoxy groups -OCH3 is 2. The number of esters is 1. The number of hydrogen-bond donors (Lipinski definition) is 1. The van der Waals surface area contributed by atoms with E-state index in [0.717, 1.165) is 41.1 Å². The van der Waals surface area contributed by atoms with Crippen LogP contribution in [0.3, 0.4) is 0 Å². The number of cyclic esters (lactones) is 1. The molecule has 0 spiro atoms. The van der Waals surface area contributed by atoms with E-state index in [2.05, 4.69) is 13.0 Å². The predicted octanol–water partition coefficient (Wildman–Crippen LogP) is 3.52. The number of hydrogen-bond acceptors (Lipinski definition) is 7. The van der Waals surface area contributed by atoms with Gasteiger partial charge in [-0.1, -0.05) is 13.8 Å². The highest BCUT2D eigenvalue weighted by molar-refractivity contribution is 5.94. The Morgan fingerprint density at radius 1 is 1.24 bits per heavy atom. The first kappa shape index (κ1) is 22.7. The molecule has 0 amide bonds. The molecule has 1 aromatic rings. The first-order valence-corrected chi connectivity index (χ1v) is 11.9. The van der Waals surface area contributed by atoms with E-state index in [9.17, 15) is 9.90 Å². The van der Waals surface area contributed by atoms with Crippen molar-refractivity contribution >= 4 is 5.97 Å². The van der Waals surface area contributed by atoms with E-state index in [1.165, 1.54) is 5.56 Å². The molecule has 33 heavy (non-hydrogen) atoms. The van der Waals surface area contributed by atoms with E-state index in [4.69, 9.17) is 23.7 Å². The van der Waals surface area contributed by atoms with Crippen LogP contribution in [0, 0.1) is 11.8 Å². The smallest absolute Gasteiger partial charge is 0.335 e. The molecule has 4 aliphatic rings. The standard InChI is InChI=1S/C26H34O7/c1-6-25(3,30-5)26(28)18(23(26)29-4)8-7-14(2)21-17-11-20-19(32-13-33-20)10-15(17)9-16-12-31-24(27)22(16)21/h10-11,14,18,21,23,28H,6-9,12-13H2,1-5H3. The van der Waals surface area contributed by atoms with Gasteiger partial charge < -0.3 is 28.8 Å². The van der Waals surface area contributed by atoms with Gasteiger partial charge in [-0.05, 0) is 67.4 Å². The van der Waals surface area contributed by atoms with Gasteiger partial charge in [0.25, 0.3) is 0 Å². The summed E-state index contributed by atoms with van der Waals surface area (Å²) in [6, 6.07) is 4.09. The van der Waals surface area contributed by atoms with Crippen molar-refractivity contribution in [1.29, 1.82) is 0 Å². The summed E-state index contributed by atoms with van der Waals surface area (Å²) in [5.41, 5.74) is 2.48. The third-order valence-corrected chi connectivity index (χ3v) is 8.65. The molecule has 1 N–H and O–H groups in total. The molecule has 0 aromatic heterocycles. The molecule has 0 bridgehead atoms. The van der Waals surface area contributed by atoms with Crippen LogP contribution < -0.4 is 9.47 Å². The molecule has 0 radical (unpaired) electrons. The molecule has 0 saturated heterocycles. The summed E-state index contributed by atoms with van der Waals surface area (Å²) < 4.78 is 28.1. The minimum Gasteiger partial charge on any atom is -0.458 e. The van der Waals surface area contributed by atoms with Gasteiger partial charge >= 0.3 is 5.97 Å². The highest BCUT2D eigenvalue weighted by atomic mass is 16.7. The Kier molecular flexibility index (Phi) is 5.50. The molecule has 2 aliphatic heterocycles. The van der Waals surface area contributed by atoms with Crippen LogP contribution in [-0.2, 0) is 25.4 Å². The van der Waals surface area contributed by atoms with Crippen molar-refractivity contribution in [2.75, 3.05) is 27.6 Å². The van der Waals surface area contributed by atoms with Gasteiger partial charge in [0.15, 0.2) is 11.5 Å². The Hall–Kier alpha value is -2.09. The van der Waals surface area contributed by atoms with Crippen molar-refractivity contribution in [2.45, 2.75) is 69.7 Å². The van der Waals surface area contributed by atoms with Crippen LogP contribution in [-0.4, -0.2) is 56.0 Å². The average Bonchev–Trinajstić information content (AvgIpc) is 3.10. The fourth-order valence-corrected chi connectivity index (χ4v) is 6.38. The second kappa shape index (κ2) is 8.00. The molecule has 2 heterocycles. The molecule has 6 atom stereocenters. The van der Waals surface area contributed by atoms with Crippen LogP contribution in [0.1, 0.15) is 57.1 Å². The van der Waals surface area contributed by atoms with Crippen LogP contribution in [0.25, 0.3) is 0 Å². The lowest BCUT2D eigenvalue weighted by atomic mass is 9.71. The number of carbonyl (C=O) groups is 1. The molecule has 7 nitrogen and oxygen atoms in total. The van der Waals surface area contributed by atoms with E-state index in [0.29, 0.717) is 19.4 Å². The zero-order chi connectivity index (χ0) is 23.5. The Balaban J connectivity index is 1.40. The summed E-state index contributed by atoms with van der Waals surface area (Å²) in [7, 11) is 3.30. The number of rotatable bonds is 8. The molecule has 1 aromatic carbocycles. The second-order valence-corrected chi connectivity index (χ2v) is 10.1. The van der Waals surface area contributed by atoms with Gasteiger partial charge in [-0.25, -0.2) is 4.79 Å². The second-order valence-electron chi connectivity index (χ2n) is 10.1. The topological polar surface area (TPSA) is 83.5 Å². The predicted molar refractivity (Wildman–Crippen MR) is 120 cm³/mol. The fourth-order valence-electron chi connectivity index (χ4n) is 6.38. The highest BCUT2D eigenvalue weighted by Gasteiger charge is 2.72. The number of benzene rings is 1. The number of fused-ring (bicyclic) bond motifs is 2. The monoisotopic (exact) mass is 458 g/mol. The minimum atomic E-state index is -1.02. The molecular weight excluding hydrogens is 424 g/mol. The van der Waals surface area contributed by atoms with E-state index in [1.807, 2.05) is 19.9 Å². The van der Waals surface area contributed by atoms with E-state index < -0.39 is 11.2 Å². The molecule has 6 unspecified atom stereocenters. The molecular formula is C26H34O7. The van der Waals surface area contributed by atoms with Gasteiger partial charge in [0, 0.05) is 31.6 Å². The lowest BCUT2D eigenvalue weighted by Crippen LogP contribution is -2.46. The van der Waals surface area contributed by atoms with Crippen molar-refractivity contribution in [2.24, 2.45) is 11.8 Å².